The molecule has 19 nitrogen and oxygen atoms in total. The van der Waals surface area contributed by atoms with Crippen LogP contribution < -0.4 is 5.32 Å². The van der Waals surface area contributed by atoms with E-state index in [9.17, 15) is 94.8 Å². The van der Waals surface area contributed by atoms with Crippen molar-refractivity contribution < 1.29 is 99.6 Å². The molecule has 10 aromatic carbocycles. The van der Waals surface area contributed by atoms with E-state index in [0.717, 1.165) is 90.0 Å². The van der Waals surface area contributed by atoms with Crippen LogP contribution in [-0.2, 0) is 97.6 Å². The molecule has 1 saturated carbocycles. The third-order valence-electron chi connectivity index (χ3n) is 20.0. The molecular formula is C99H122F9N5O14S9. The first kappa shape index (κ1) is 116. The third-order valence-corrected chi connectivity index (χ3v) is 36.8. The van der Waals surface area contributed by atoms with Crippen LogP contribution >= 0.6 is 0 Å². The van der Waals surface area contributed by atoms with Crippen LogP contribution in [0.3, 0.4) is 0 Å². The zero-order valence-electron chi connectivity index (χ0n) is 77.1. The molecule has 136 heavy (non-hydrogen) atoms. The minimum atomic E-state index is -7.51. The fourth-order valence-corrected chi connectivity index (χ4v) is 28.5. The van der Waals surface area contributed by atoms with Crippen molar-refractivity contribution in [1.29, 1.82) is 0 Å². The summed E-state index contributed by atoms with van der Waals surface area (Å²) in [6, 6.07) is 102. The highest BCUT2D eigenvalue weighted by Gasteiger charge is 2.84. The number of alkyl halides is 9. The molecule has 1 aliphatic carbocycles. The summed E-state index contributed by atoms with van der Waals surface area (Å²) in [5.74, 6) is -17.1. The molecular weight excluding hydrogens is 1940 g/mol. The molecule has 10 aromatic rings. The molecule has 0 radical (unpaired) electrons. The molecule has 0 atom stereocenters. The van der Waals surface area contributed by atoms with Gasteiger partial charge in [0.1, 0.15) is 15.6 Å². The lowest BCUT2D eigenvalue weighted by Gasteiger charge is -2.36. The minimum absolute atomic E-state index is 0.0146. The van der Waals surface area contributed by atoms with Gasteiger partial charge in [-0.1, -0.05) is 274 Å². The second-order valence-electron chi connectivity index (χ2n) is 32.7. The molecule has 37 heteroatoms. The molecule has 0 unspecified atom stereocenters. The maximum atomic E-state index is 13.5. The Kier molecular flexibility index (Phi) is 48.4. The zero-order valence-corrected chi connectivity index (χ0v) is 84.5. The maximum Gasteiger partial charge on any atom is 0.460 e. The summed E-state index contributed by atoms with van der Waals surface area (Å²) in [5.41, 5.74) is -0.357. The van der Waals surface area contributed by atoms with E-state index in [1.54, 1.807) is 24.9 Å². The van der Waals surface area contributed by atoms with Crippen LogP contribution in [0, 0.1) is 5.92 Å². The van der Waals surface area contributed by atoms with Crippen molar-refractivity contribution in [3.05, 3.63) is 310 Å². The van der Waals surface area contributed by atoms with Gasteiger partial charge in [0.2, 0.25) is 0 Å². The fraction of sp³-hybridized carbons (Fsp3) is 0.384. The Morgan fingerprint density at radius 2 is 0.625 bits per heavy atom. The first-order chi connectivity index (χ1) is 64.2. The molecule has 744 valence electrons. The van der Waals surface area contributed by atoms with Gasteiger partial charge in [0.05, 0.1) is 72.8 Å². The summed E-state index contributed by atoms with van der Waals surface area (Å²) in [5, 5.41) is -4.67. The first-order valence-electron chi connectivity index (χ1n) is 44.4. The smallest absolute Gasteiger partial charge is 0.444 e. The Labute approximate surface area is 808 Å². The van der Waals surface area contributed by atoms with Crippen LogP contribution in [0.25, 0.3) is 12.4 Å². The van der Waals surface area contributed by atoms with E-state index < -0.39 is 101 Å². The minimum Gasteiger partial charge on any atom is -0.444 e. The van der Waals surface area contributed by atoms with Crippen molar-refractivity contribution >= 4 is 105 Å². The first-order valence-corrected chi connectivity index (χ1v) is 57.4. The van der Waals surface area contributed by atoms with Gasteiger partial charge in [-0.2, -0.15) is 39.5 Å². The van der Waals surface area contributed by atoms with Gasteiger partial charge in [-0.15, -0.1) is 0 Å². The molecule has 1 amide bonds. The standard InChI is InChI=1S/C19H31N2O6S2.3C18H15S.C14H31N2O4S2.C12H15F9NO4S2/c1-5-6-7-8-9-10-15-28(23,24)21-29(25,26)17-13-11-16(12-14-17)20-18(22)27-19(2,3)4;3*1-4-10-16(11-5-1)19(17-12-6-2-7-13-17)18-14-8-3-9-15-18;1-4-5-6-7-8-10-13-21(17,18)15-22(19,20)14-11-9-12-16(2)3;13-9(14,11(17,18)19)10(15,16)12(20,21)28(25,26)22-27(23,24)7-6-8-4-2-1-3-5-8/h11-14H,5-10,15H2,1-4H3,(H,20,22);3*1-15H;4-14H2,1-3H3;8H,1-7H2/q-1;3*+1;2*-1. The van der Waals surface area contributed by atoms with E-state index in [-0.39, 0.29) is 67.2 Å². The third kappa shape index (κ3) is 40.7. The number of halogens is 9. The molecule has 0 aliphatic heterocycles. The normalized spacial score (nSPS) is 13.1. The van der Waals surface area contributed by atoms with Gasteiger partial charge >= 0.3 is 29.4 Å². The average molecular weight is 2070 g/mol. The Bertz CT molecular complexity index is 5280. The number of nitrogens with zero attached hydrogens (tertiary/aromatic N) is 4. The number of amides is 1. The topological polar surface area (TPSA) is 289 Å². The highest BCUT2D eigenvalue weighted by atomic mass is 32.3. The number of hydrogen-bond donors (Lipinski definition) is 1. The van der Waals surface area contributed by atoms with Gasteiger partial charge in [-0.05, 0) is 213 Å². The summed E-state index contributed by atoms with van der Waals surface area (Å²) in [6.07, 6.45) is 7.23. The summed E-state index contributed by atoms with van der Waals surface area (Å²) in [6.45, 7) is 10.1. The Morgan fingerprint density at radius 1 is 0.353 bits per heavy atom. The van der Waals surface area contributed by atoms with E-state index in [0.29, 0.717) is 44.2 Å². The Balaban J connectivity index is 0.000000252. The lowest BCUT2D eigenvalue weighted by atomic mass is 9.88. The maximum absolute atomic E-state index is 13.5. The zero-order chi connectivity index (χ0) is 100. The lowest BCUT2D eigenvalue weighted by molar-refractivity contribution is -0.382. The number of anilines is 1. The van der Waals surface area contributed by atoms with Crippen LogP contribution in [0.1, 0.15) is 163 Å². The number of sulfonamides is 6. The summed E-state index contributed by atoms with van der Waals surface area (Å²) < 4.78 is 269. The number of carbonyl (C=O) groups is 1. The number of nitrogens with one attached hydrogen (secondary N) is 1. The lowest BCUT2D eigenvalue weighted by Crippen LogP contribution is -2.63. The Hall–Kier alpha value is -8.57. The van der Waals surface area contributed by atoms with E-state index >= 15 is 0 Å². The second-order valence-corrected chi connectivity index (χ2v) is 49.7. The summed E-state index contributed by atoms with van der Waals surface area (Å²) in [7, 11) is -25.1. The predicted octanol–water partition coefficient (Wildman–Crippen LogP) is 26.3. The van der Waals surface area contributed by atoms with Crippen molar-refractivity contribution in [2.45, 2.75) is 241 Å². The monoisotopic (exact) mass is 2060 g/mol. The van der Waals surface area contributed by atoms with Gasteiger partial charge in [0.15, 0.2) is 54.1 Å². The predicted molar refractivity (Wildman–Crippen MR) is 529 cm³/mol. The molecule has 0 bridgehead atoms. The molecule has 0 heterocycles. The van der Waals surface area contributed by atoms with Gasteiger partial charge < -0.3 is 22.0 Å². The number of unbranched alkanes of at least 4 members (excludes halogenated alkanes) is 11. The Morgan fingerprint density at radius 3 is 0.904 bits per heavy atom. The van der Waals surface area contributed by atoms with Gasteiger partial charge in [0, 0.05) is 33.6 Å². The van der Waals surface area contributed by atoms with Crippen LogP contribution in [0.2, 0.25) is 0 Å². The van der Waals surface area contributed by atoms with Gasteiger partial charge in [-0.25, -0.2) is 55.3 Å². The molecule has 0 saturated heterocycles. The van der Waals surface area contributed by atoms with Crippen LogP contribution in [-0.4, -0.2) is 134 Å². The SMILES string of the molecule is CCCCCCCCS(=O)(=O)[N-]S(=O)(=O)CCCCN(C)C.CCCCCCCCS(=O)(=O)[N-]S(=O)(=O)c1ccc(NC(=O)OC(C)(C)C)cc1.O=S(=O)(CCC1CCCCC1)[N-]S(=O)(=O)C(F)(F)C(F)(F)C(F)(F)C(F)(F)F.c1ccc([S+](c2ccccc2)c2ccccc2)cc1.c1ccc([S+](c2ccccc2)c2ccccc2)cc1.c1ccc([S+](c2ccccc2)c2ccccc2)cc1. The van der Waals surface area contributed by atoms with Crippen molar-refractivity contribution in [3.63, 3.8) is 0 Å². The second kappa shape index (κ2) is 56.6. The largest absolute Gasteiger partial charge is 0.460 e. The van der Waals surface area contributed by atoms with Gasteiger partial charge in [-0.3, -0.25) is 5.32 Å². The number of benzene rings is 10. The van der Waals surface area contributed by atoms with Crippen molar-refractivity contribution in [2.24, 2.45) is 5.92 Å². The average Bonchev–Trinajstić information content (AvgIpc) is 0.719. The molecule has 1 fully saturated rings. The summed E-state index contributed by atoms with van der Waals surface area (Å²) >= 11 is 0. The quantitative estimate of drug-likeness (QED) is 0.0211. The van der Waals surface area contributed by atoms with Crippen LogP contribution in [0.5, 0.6) is 0 Å². The molecule has 0 aromatic heterocycles. The summed E-state index contributed by atoms with van der Waals surface area (Å²) in [4.78, 5) is 25.7. The number of rotatable bonds is 42. The highest BCUT2D eigenvalue weighted by Crippen LogP contribution is 2.56. The van der Waals surface area contributed by atoms with Crippen LogP contribution in [0.4, 0.5) is 50.0 Å². The number of ether oxygens (including phenoxy) is 1. The van der Waals surface area contributed by atoms with Crippen LogP contribution in [0.15, 0.2) is 346 Å². The van der Waals surface area contributed by atoms with Crippen molar-refractivity contribution in [1.82, 2.24) is 4.90 Å². The van der Waals surface area contributed by atoms with E-state index in [1.807, 2.05) is 19.0 Å². The molecule has 0 spiro atoms. The molecule has 11 rings (SSSR count). The van der Waals surface area contributed by atoms with E-state index in [1.165, 1.54) is 68.3 Å². The molecule has 1 aliphatic rings. The number of hydrogen-bond acceptors (Lipinski definition) is 15. The van der Waals surface area contributed by atoms with E-state index in [4.69, 9.17) is 4.74 Å². The van der Waals surface area contributed by atoms with E-state index in [2.05, 4.69) is 300 Å². The van der Waals surface area contributed by atoms with Crippen molar-refractivity contribution in [2.75, 3.05) is 49.0 Å². The molecule has 1 N–H and O–H groups in total. The van der Waals surface area contributed by atoms with Gasteiger partial charge in [0.25, 0.3) is 0 Å². The highest BCUT2D eigenvalue weighted by molar-refractivity contribution is 8.13. The number of carbonyl (C=O) groups excluding carboxylic acids is 1. The fourth-order valence-electron chi connectivity index (χ4n) is 13.2. The van der Waals surface area contributed by atoms with Crippen molar-refractivity contribution in [3.8, 4) is 0 Å².